The zero-order chi connectivity index (χ0) is 14.6. The van der Waals surface area contributed by atoms with Crippen molar-refractivity contribution < 1.29 is 9.59 Å². The quantitative estimate of drug-likeness (QED) is 0.715. The molecule has 3 N–H and O–H groups in total. The summed E-state index contributed by atoms with van der Waals surface area (Å²) in [5.41, 5.74) is 5.74. The first-order valence-corrected chi connectivity index (χ1v) is 7.15. The van der Waals surface area contributed by atoms with Crippen LogP contribution in [0.15, 0.2) is 0 Å². The number of nitrogens with one attached hydrogen (secondary N) is 1. The molecule has 1 aliphatic rings. The van der Waals surface area contributed by atoms with Crippen molar-refractivity contribution in [1.82, 2.24) is 10.2 Å². The highest BCUT2D eigenvalue weighted by Crippen LogP contribution is 2.27. The highest BCUT2D eigenvalue weighted by Gasteiger charge is 2.32. The van der Waals surface area contributed by atoms with E-state index in [0.717, 1.165) is 19.4 Å². The van der Waals surface area contributed by atoms with Crippen molar-refractivity contribution in [1.29, 1.82) is 0 Å². The summed E-state index contributed by atoms with van der Waals surface area (Å²) in [7, 11) is 0. The molecule has 0 saturated heterocycles. The van der Waals surface area contributed by atoms with Gasteiger partial charge in [-0.3, -0.25) is 9.59 Å². The number of rotatable bonds is 7. The predicted molar refractivity (Wildman–Crippen MR) is 75.4 cm³/mol. The van der Waals surface area contributed by atoms with Crippen LogP contribution in [0.2, 0.25) is 0 Å². The molecular weight excluding hydrogens is 242 g/mol. The Kier molecular flexibility index (Phi) is 5.79. The van der Waals surface area contributed by atoms with Crippen molar-refractivity contribution in [3.05, 3.63) is 0 Å². The standard InChI is InChI=1S/C14H27N3O2/c1-9(2)8-17(11-5-6-11)12(18)7-16-14(19)13(15)10(3)4/h9-11,13H,5-8,15H2,1-4H3,(H,16,19)/t13-/m0/s1. The van der Waals surface area contributed by atoms with Gasteiger partial charge in [-0.1, -0.05) is 27.7 Å². The first-order valence-electron chi connectivity index (χ1n) is 7.15. The molecule has 5 nitrogen and oxygen atoms in total. The summed E-state index contributed by atoms with van der Waals surface area (Å²) in [5, 5.41) is 2.64. The number of amides is 2. The average Bonchev–Trinajstić information content (AvgIpc) is 3.15. The zero-order valence-corrected chi connectivity index (χ0v) is 12.5. The third-order valence-corrected chi connectivity index (χ3v) is 3.30. The van der Waals surface area contributed by atoms with E-state index in [4.69, 9.17) is 5.73 Å². The molecule has 1 atom stereocenters. The smallest absolute Gasteiger partial charge is 0.242 e. The Morgan fingerprint density at radius 3 is 2.26 bits per heavy atom. The summed E-state index contributed by atoms with van der Waals surface area (Å²) in [6.45, 7) is 8.78. The molecule has 0 radical (unpaired) electrons. The molecule has 110 valence electrons. The lowest BCUT2D eigenvalue weighted by Gasteiger charge is -2.25. The van der Waals surface area contributed by atoms with E-state index in [1.807, 2.05) is 18.7 Å². The Morgan fingerprint density at radius 1 is 1.26 bits per heavy atom. The Bertz CT molecular complexity index is 325. The van der Waals surface area contributed by atoms with E-state index in [2.05, 4.69) is 19.2 Å². The average molecular weight is 269 g/mol. The van der Waals surface area contributed by atoms with Gasteiger partial charge in [0.1, 0.15) is 0 Å². The fourth-order valence-electron chi connectivity index (χ4n) is 1.92. The van der Waals surface area contributed by atoms with Gasteiger partial charge >= 0.3 is 0 Å². The van der Waals surface area contributed by atoms with Crippen LogP contribution in [0.4, 0.5) is 0 Å². The van der Waals surface area contributed by atoms with Gasteiger partial charge in [0, 0.05) is 12.6 Å². The fourth-order valence-corrected chi connectivity index (χ4v) is 1.92. The van der Waals surface area contributed by atoms with Crippen LogP contribution in [0, 0.1) is 11.8 Å². The summed E-state index contributed by atoms with van der Waals surface area (Å²) in [4.78, 5) is 25.7. The van der Waals surface area contributed by atoms with Crippen molar-refractivity contribution >= 4 is 11.8 Å². The second kappa shape index (κ2) is 6.89. The number of nitrogens with two attached hydrogens (primary N) is 1. The molecule has 0 aromatic rings. The maximum atomic E-state index is 12.1. The minimum Gasteiger partial charge on any atom is -0.346 e. The molecule has 5 heteroatoms. The second-order valence-corrected chi connectivity index (χ2v) is 6.16. The van der Waals surface area contributed by atoms with Crippen molar-refractivity contribution in [2.75, 3.05) is 13.1 Å². The molecule has 0 heterocycles. The van der Waals surface area contributed by atoms with E-state index >= 15 is 0 Å². The van der Waals surface area contributed by atoms with E-state index in [-0.39, 0.29) is 24.3 Å². The third-order valence-electron chi connectivity index (χ3n) is 3.30. The molecule has 1 rings (SSSR count). The van der Waals surface area contributed by atoms with Crippen molar-refractivity contribution in [3.8, 4) is 0 Å². The Labute approximate surface area is 115 Å². The predicted octanol–water partition coefficient (Wildman–Crippen LogP) is 0.733. The number of hydrogen-bond donors (Lipinski definition) is 2. The highest BCUT2D eigenvalue weighted by molar-refractivity contribution is 5.87. The lowest BCUT2D eigenvalue weighted by molar-refractivity contribution is -0.134. The number of hydrogen-bond acceptors (Lipinski definition) is 3. The highest BCUT2D eigenvalue weighted by atomic mass is 16.2. The first kappa shape index (κ1) is 16.0. The Hall–Kier alpha value is -1.10. The number of carbonyl (C=O) groups is 2. The van der Waals surface area contributed by atoms with Crippen LogP contribution < -0.4 is 11.1 Å². The van der Waals surface area contributed by atoms with E-state index in [1.165, 1.54) is 0 Å². The first-order chi connectivity index (χ1) is 8.82. The van der Waals surface area contributed by atoms with Gasteiger partial charge in [0.25, 0.3) is 0 Å². The SMILES string of the molecule is CC(C)CN(C(=O)CNC(=O)[C@@H](N)C(C)C)C1CC1. The number of carbonyl (C=O) groups excluding carboxylic acids is 2. The topological polar surface area (TPSA) is 75.4 Å². The van der Waals surface area contributed by atoms with E-state index in [9.17, 15) is 9.59 Å². The van der Waals surface area contributed by atoms with Crippen LogP contribution in [0.5, 0.6) is 0 Å². The van der Waals surface area contributed by atoms with Crippen molar-refractivity contribution in [2.24, 2.45) is 17.6 Å². The minimum absolute atomic E-state index is 0.000469. The molecule has 19 heavy (non-hydrogen) atoms. The Balaban J connectivity index is 2.42. The van der Waals surface area contributed by atoms with Crippen LogP contribution in [0.25, 0.3) is 0 Å². The minimum atomic E-state index is -0.549. The molecular formula is C14H27N3O2. The summed E-state index contributed by atoms with van der Waals surface area (Å²) in [6, 6.07) is -0.169. The molecule has 0 spiro atoms. The molecule has 0 aromatic heterocycles. The number of nitrogens with zero attached hydrogens (tertiary/aromatic N) is 1. The Morgan fingerprint density at radius 2 is 1.84 bits per heavy atom. The normalized spacial score (nSPS) is 16.6. The van der Waals surface area contributed by atoms with Gasteiger partial charge in [0.15, 0.2) is 0 Å². The summed E-state index contributed by atoms with van der Waals surface area (Å²) in [5.74, 6) is 0.271. The lowest BCUT2D eigenvalue weighted by atomic mass is 10.1. The molecule has 2 amide bonds. The lowest BCUT2D eigenvalue weighted by Crippen LogP contribution is -2.48. The van der Waals surface area contributed by atoms with E-state index in [0.29, 0.717) is 12.0 Å². The molecule has 0 bridgehead atoms. The third kappa shape index (κ3) is 5.19. The van der Waals surface area contributed by atoms with Gasteiger partial charge in [-0.25, -0.2) is 0 Å². The maximum Gasteiger partial charge on any atom is 0.242 e. The van der Waals surface area contributed by atoms with Gasteiger partial charge in [-0.05, 0) is 24.7 Å². The van der Waals surface area contributed by atoms with E-state index in [1.54, 1.807) is 0 Å². The van der Waals surface area contributed by atoms with Crippen LogP contribution in [-0.4, -0.2) is 41.9 Å². The maximum absolute atomic E-state index is 12.1. The van der Waals surface area contributed by atoms with Crippen LogP contribution in [-0.2, 0) is 9.59 Å². The molecule has 0 unspecified atom stereocenters. The van der Waals surface area contributed by atoms with Crippen molar-refractivity contribution in [3.63, 3.8) is 0 Å². The van der Waals surface area contributed by atoms with Crippen LogP contribution >= 0.6 is 0 Å². The summed E-state index contributed by atoms with van der Waals surface area (Å²) in [6.07, 6.45) is 2.16. The van der Waals surface area contributed by atoms with E-state index < -0.39 is 6.04 Å². The molecule has 1 fully saturated rings. The van der Waals surface area contributed by atoms with Gasteiger partial charge < -0.3 is 16.0 Å². The van der Waals surface area contributed by atoms with Gasteiger partial charge in [0.2, 0.25) is 11.8 Å². The zero-order valence-electron chi connectivity index (χ0n) is 12.5. The van der Waals surface area contributed by atoms with Crippen LogP contribution in [0.3, 0.4) is 0 Å². The largest absolute Gasteiger partial charge is 0.346 e. The van der Waals surface area contributed by atoms with Gasteiger partial charge in [0.05, 0.1) is 12.6 Å². The van der Waals surface area contributed by atoms with Gasteiger partial charge in [-0.15, -0.1) is 0 Å². The van der Waals surface area contributed by atoms with Crippen molar-refractivity contribution in [2.45, 2.75) is 52.6 Å². The van der Waals surface area contributed by atoms with Crippen LogP contribution in [0.1, 0.15) is 40.5 Å². The molecule has 1 saturated carbocycles. The molecule has 0 aliphatic heterocycles. The molecule has 0 aromatic carbocycles. The fraction of sp³-hybridized carbons (Fsp3) is 0.857. The monoisotopic (exact) mass is 269 g/mol. The molecule has 1 aliphatic carbocycles. The summed E-state index contributed by atoms with van der Waals surface area (Å²) < 4.78 is 0. The van der Waals surface area contributed by atoms with Gasteiger partial charge in [-0.2, -0.15) is 0 Å². The summed E-state index contributed by atoms with van der Waals surface area (Å²) >= 11 is 0. The second-order valence-electron chi connectivity index (χ2n) is 6.16.